The molecule has 0 bridgehead atoms. The Kier molecular flexibility index (Phi) is 5.74. The maximum atomic E-state index is 11.5. The fourth-order valence-corrected chi connectivity index (χ4v) is 0.959. The second-order valence-corrected chi connectivity index (χ2v) is 3.99. The van der Waals surface area contributed by atoms with Gasteiger partial charge in [-0.25, -0.2) is 4.79 Å². The molecule has 0 aromatic rings. The largest absolute Gasteiger partial charge is 0.481 e. The van der Waals surface area contributed by atoms with E-state index in [0.717, 1.165) is 0 Å². The second-order valence-electron chi connectivity index (χ2n) is 3.99. The highest BCUT2D eigenvalue weighted by molar-refractivity contribution is 5.74. The van der Waals surface area contributed by atoms with Gasteiger partial charge >= 0.3 is 12.0 Å². The van der Waals surface area contributed by atoms with Crippen LogP contribution in [0.3, 0.4) is 0 Å². The van der Waals surface area contributed by atoms with Crippen molar-refractivity contribution in [2.75, 3.05) is 7.05 Å². The van der Waals surface area contributed by atoms with Crippen molar-refractivity contribution >= 4 is 12.0 Å². The van der Waals surface area contributed by atoms with Crippen molar-refractivity contribution in [1.29, 1.82) is 0 Å². The first-order valence-corrected chi connectivity index (χ1v) is 5.09. The molecule has 88 valence electrons. The Morgan fingerprint density at radius 2 is 1.87 bits per heavy atom. The lowest BCUT2D eigenvalue weighted by Gasteiger charge is -2.24. The van der Waals surface area contributed by atoms with Crippen LogP contribution < -0.4 is 5.32 Å². The zero-order valence-corrected chi connectivity index (χ0v) is 9.78. The van der Waals surface area contributed by atoms with Crippen LogP contribution in [0.25, 0.3) is 0 Å². The molecular weight excluding hydrogens is 196 g/mol. The van der Waals surface area contributed by atoms with Gasteiger partial charge in [0, 0.05) is 25.6 Å². The third kappa shape index (κ3) is 5.93. The fraction of sp³-hybridized carbons (Fsp3) is 0.800. The summed E-state index contributed by atoms with van der Waals surface area (Å²) in [4.78, 5) is 23.4. The van der Waals surface area contributed by atoms with Crippen LogP contribution >= 0.6 is 0 Å². The van der Waals surface area contributed by atoms with Crippen LogP contribution in [-0.2, 0) is 4.79 Å². The summed E-state index contributed by atoms with van der Waals surface area (Å²) in [6.07, 6.45) is 0.528. The van der Waals surface area contributed by atoms with Gasteiger partial charge in [-0.15, -0.1) is 0 Å². The Morgan fingerprint density at radius 3 is 2.27 bits per heavy atom. The molecule has 0 rings (SSSR count). The molecule has 0 aliphatic rings. The number of nitrogens with zero attached hydrogens (tertiary/aromatic N) is 1. The zero-order chi connectivity index (χ0) is 12.0. The Bertz CT molecular complexity index is 229. The molecular formula is C10H20N2O3. The molecule has 0 aliphatic carbocycles. The predicted octanol–water partition coefficient (Wildman–Crippen LogP) is 1.29. The lowest BCUT2D eigenvalue weighted by Crippen LogP contribution is -2.44. The lowest BCUT2D eigenvalue weighted by atomic mass is 10.2. The Morgan fingerprint density at radius 1 is 1.33 bits per heavy atom. The molecule has 0 aliphatic heterocycles. The molecule has 0 heterocycles. The van der Waals surface area contributed by atoms with E-state index in [4.69, 9.17) is 5.11 Å². The molecule has 15 heavy (non-hydrogen) atoms. The third-order valence-electron chi connectivity index (χ3n) is 2.26. The van der Waals surface area contributed by atoms with Gasteiger partial charge in [-0.2, -0.15) is 0 Å². The first-order chi connectivity index (χ1) is 6.84. The summed E-state index contributed by atoms with van der Waals surface area (Å²) < 4.78 is 0. The minimum Gasteiger partial charge on any atom is -0.481 e. The van der Waals surface area contributed by atoms with Gasteiger partial charge < -0.3 is 15.3 Å². The number of aliphatic carboxylic acids is 1. The van der Waals surface area contributed by atoms with Crippen LogP contribution in [0, 0.1) is 0 Å². The maximum Gasteiger partial charge on any atom is 0.317 e. The summed E-state index contributed by atoms with van der Waals surface area (Å²) >= 11 is 0. The molecule has 0 saturated carbocycles. The number of carboxylic acid groups (broad SMARTS) is 1. The number of hydrogen-bond acceptors (Lipinski definition) is 2. The molecule has 0 fully saturated rings. The van der Waals surface area contributed by atoms with Crippen LogP contribution in [0.1, 0.15) is 33.6 Å². The number of carbonyl (C=O) groups excluding carboxylic acids is 1. The van der Waals surface area contributed by atoms with Crippen molar-refractivity contribution in [3.8, 4) is 0 Å². The van der Waals surface area contributed by atoms with Crippen molar-refractivity contribution in [1.82, 2.24) is 10.2 Å². The van der Waals surface area contributed by atoms with Gasteiger partial charge in [0.15, 0.2) is 0 Å². The Hall–Kier alpha value is -1.26. The van der Waals surface area contributed by atoms with E-state index in [1.807, 2.05) is 13.8 Å². The van der Waals surface area contributed by atoms with E-state index in [-0.39, 0.29) is 24.5 Å². The van der Waals surface area contributed by atoms with Crippen LogP contribution in [0.2, 0.25) is 0 Å². The number of nitrogens with one attached hydrogen (secondary N) is 1. The molecule has 2 N–H and O–H groups in total. The molecule has 0 aromatic heterocycles. The number of amides is 2. The summed E-state index contributed by atoms with van der Waals surface area (Å²) in [5.74, 6) is -0.840. The van der Waals surface area contributed by atoms with E-state index in [1.54, 1.807) is 18.9 Å². The average Bonchev–Trinajstić information content (AvgIpc) is 2.13. The van der Waals surface area contributed by atoms with Crippen LogP contribution in [0.15, 0.2) is 0 Å². The molecule has 5 heteroatoms. The van der Waals surface area contributed by atoms with Crippen LogP contribution in [0.5, 0.6) is 0 Å². The van der Waals surface area contributed by atoms with Gasteiger partial charge in [0.2, 0.25) is 0 Å². The number of hydrogen-bond donors (Lipinski definition) is 2. The van der Waals surface area contributed by atoms with Crippen LogP contribution in [0.4, 0.5) is 4.79 Å². The smallest absolute Gasteiger partial charge is 0.317 e. The number of carboxylic acids is 1. The van der Waals surface area contributed by atoms with E-state index in [9.17, 15) is 9.59 Å². The SMILES string of the molecule is CC(CCC(=O)O)NC(=O)N(C)C(C)C. The first kappa shape index (κ1) is 13.7. The normalized spacial score (nSPS) is 12.3. The third-order valence-corrected chi connectivity index (χ3v) is 2.26. The lowest BCUT2D eigenvalue weighted by molar-refractivity contribution is -0.137. The van der Waals surface area contributed by atoms with Crippen molar-refractivity contribution in [2.24, 2.45) is 0 Å². The molecule has 0 spiro atoms. The van der Waals surface area contributed by atoms with Gasteiger partial charge in [0.05, 0.1) is 0 Å². The van der Waals surface area contributed by atoms with Crippen molar-refractivity contribution in [3.63, 3.8) is 0 Å². The van der Waals surface area contributed by atoms with Crippen molar-refractivity contribution < 1.29 is 14.7 Å². The number of carbonyl (C=O) groups is 2. The summed E-state index contributed by atoms with van der Waals surface area (Å²) in [7, 11) is 1.71. The second kappa shape index (κ2) is 6.27. The van der Waals surface area contributed by atoms with E-state index in [0.29, 0.717) is 6.42 Å². The summed E-state index contributed by atoms with van der Waals surface area (Å²) in [5.41, 5.74) is 0. The highest BCUT2D eigenvalue weighted by atomic mass is 16.4. The number of rotatable bonds is 5. The predicted molar refractivity (Wildman–Crippen MR) is 57.8 cm³/mol. The molecule has 2 amide bonds. The van der Waals surface area contributed by atoms with Gasteiger partial charge in [0.1, 0.15) is 0 Å². The highest BCUT2D eigenvalue weighted by Crippen LogP contribution is 1.99. The van der Waals surface area contributed by atoms with Crippen molar-refractivity contribution in [3.05, 3.63) is 0 Å². The van der Waals surface area contributed by atoms with Gasteiger partial charge in [-0.05, 0) is 27.2 Å². The minimum atomic E-state index is -0.840. The minimum absolute atomic E-state index is 0.0762. The monoisotopic (exact) mass is 216 g/mol. The van der Waals surface area contributed by atoms with Crippen LogP contribution in [-0.4, -0.2) is 41.1 Å². The quantitative estimate of drug-likeness (QED) is 0.727. The van der Waals surface area contributed by atoms with E-state index in [1.165, 1.54) is 0 Å². The van der Waals surface area contributed by atoms with E-state index < -0.39 is 5.97 Å². The Balaban J connectivity index is 3.90. The summed E-state index contributed by atoms with van der Waals surface area (Å²) in [5, 5.41) is 11.2. The highest BCUT2D eigenvalue weighted by Gasteiger charge is 2.14. The van der Waals surface area contributed by atoms with Crippen molar-refractivity contribution in [2.45, 2.75) is 45.7 Å². The molecule has 0 aromatic carbocycles. The first-order valence-electron chi connectivity index (χ1n) is 5.09. The molecule has 5 nitrogen and oxygen atoms in total. The van der Waals surface area contributed by atoms with E-state index >= 15 is 0 Å². The molecule has 1 atom stereocenters. The molecule has 1 unspecified atom stereocenters. The Labute approximate surface area is 90.5 Å². The van der Waals surface area contributed by atoms with Gasteiger partial charge in [-0.3, -0.25) is 4.79 Å². The number of urea groups is 1. The van der Waals surface area contributed by atoms with Gasteiger partial charge in [0.25, 0.3) is 0 Å². The topological polar surface area (TPSA) is 69.6 Å². The molecule has 0 radical (unpaired) electrons. The fourth-order valence-electron chi connectivity index (χ4n) is 0.959. The zero-order valence-electron chi connectivity index (χ0n) is 9.78. The van der Waals surface area contributed by atoms with Gasteiger partial charge in [-0.1, -0.05) is 0 Å². The maximum absolute atomic E-state index is 11.5. The molecule has 0 saturated heterocycles. The summed E-state index contributed by atoms with van der Waals surface area (Å²) in [6.45, 7) is 5.64. The van der Waals surface area contributed by atoms with E-state index in [2.05, 4.69) is 5.32 Å². The standard InChI is InChI=1S/C10H20N2O3/c1-7(2)12(4)10(15)11-8(3)5-6-9(13)14/h7-8H,5-6H2,1-4H3,(H,11,15)(H,13,14). The summed E-state index contributed by atoms with van der Waals surface area (Å²) in [6, 6.07) is -0.144. The average molecular weight is 216 g/mol.